The molecule has 1 aliphatic heterocycles. The molecule has 1 aromatic heterocycles. The number of thiophene rings is 1. The first-order valence-corrected chi connectivity index (χ1v) is 6.47. The van der Waals surface area contributed by atoms with Crippen LogP contribution in [0.2, 0.25) is 0 Å². The Morgan fingerprint density at radius 3 is 3.06 bits per heavy atom. The molecule has 1 fully saturated rings. The molecule has 94 valence electrons. The summed E-state index contributed by atoms with van der Waals surface area (Å²) in [6.45, 7) is 1.26. The number of esters is 1. The van der Waals surface area contributed by atoms with Crippen molar-refractivity contribution in [2.75, 3.05) is 20.2 Å². The van der Waals surface area contributed by atoms with Crippen LogP contribution in [0.15, 0.2) is 12.1 Å². The minimum absolute atomic E-state index is 0.172. The normalized spacial score (nSPS) is 14.3. The van der Waals surface area contributed by atoms with E-state index in [1.165, 1.54) is 18.4 Å². The van der Waals surface area contributed by atoms with Crippen LogP contribution in [0.4, 0.5) is 0 Å². The zero-order valence-corrected chi connectivity index (χ0v) is 10.9. The van der Waals surface area contributed by atoms with E-state index in [-0.39, 0.29) is 11.9 Å². The van der Waals surface area contributed by atoms with E-state index < -0.39 is 0 Å². The average molecular weight is 263 g/mol. The second kappa shape index (κ2) is 5.69. The monoisotopic (exact) mass is 263 g/mol. The maximum absolute atomic E-state index is 11.3. The molecule has 1 saturated heterocycles. The van der Waals surface area contributed by atoms with Gasteiger partial charge < -0.3 is 9.64 Å². The second-order valence-electron chi connectivity index (χ2n) is 3.88. The number of rotatable bonds is 2. The van der Waals surface area contributed by atoms with Gasteiger partial charge in [-0.3, -0.25) is 4.79 Å². The summed E-state index contributed by atoms with van der Waals surface area (Å²) < 4.78 is 4.62. The molecule has 18 heavy (non-hydrogen) atoms. The van der Waals surface area contributed by atoms with Crippen LogP contribution in [-0.2, 0) is 9.53 Å². The minimum atomic E-state index is -0.345. The number of ether oxygens (including phenoxy) is 1. The van der Waals surface area contributed by atoms with Crippen molar-refractivity contribution in [2.24, 2.45) is 0 Å². The van der Waals surface area contributed by atoms with Gasteiger partial charge in [-0.1, -0.05) is 11.8 Å². The number of carbonyl (C=O) groups is 2. The van der Waals surface area contributed by atoms with E-state index in [0.29, 0.717) is 17.8 Å². The molecule has 0 bridgehead atoms. The van der Waals surface area contributed by atoms with Crippen LogP contribution in [0.25, 0.3) is 0 Å². The van der Waals surface area contributed by atoms with Crippen molar-refractivity contribution in [3.8, 4) is 11.8 Å². The average Bonchev–Trinajstić information content (AvgIpc) is 2.99. The number of likely N-dealkylation sites (tertiary alicyclic amines) is 1. The van der Waals surface area contributed by atoms with E-state index in [9.17, 15) is 9.59 Å². The van der Waals surface area contributed by atoms with Crippen molar-refractivity contribution in [1.82, 2.24) is 4.90 Å². The van der Waals surface area contributed by atoms with Crippen molar-refractivity contribution in [3.63, 3.8) is 0 Å². The molecule has 2 heterocycles. The first-order valence-electron chi connectivity index (χ1n) is 5.65. The van der Waals surface area contributed by atoms with Gasteiger partial charge in [-0.25, -0.2) is 4.79 Å². The highest BCUT2D eigenvalue weighted by molar-refractivity contribution is 7.14. The first kappa shape index (κ1) is 12.7. The summed E-state index contributed by atoms with van der Waals surface area (Å²) in [4.78, 5) is 25.7. The van der Waals surface area contributed by atoms with Crippen molar-refractivity contribution in [1.29, 1.82) is 0 Å². The van der Waals surface area contributed by atoms with E-state index in [2.05, 4.69) is 16.6 Å². The van der Waals surface area contributed by atoms with Crippen LogP contribution >= 0.6 is 11.3 Å². The van der Waals surface area contributed by atoms with Crippen molar-refractivity contribution < 1.29 is 14.3 Å². The Hall–Kier alpha value is -1.80. The lowest BCUT2D eigenvalue weighted by Crippen LogP contribution is -2.24. The van der Waals surface area contributed by atoms with Gasteiger partial charge in [-0.05, 0) is 18.6 Å². The smallest absolute Gasteiger partial charge is 0.348 e. The quantitative estimate of drug-likeness (QED) is 0.600. The molecule has 0 aliphatic carbocycles. The SMILES string of the molecule is COC(=O)c1ccc(C#CCN2CCCC2=O)s1. The van der Waals surface area contributed by atoms with Crippen LogP contribution in [0.5, 0.6) is 0 Å². The molecule has 0 spiro atoms. The summed E-state index contributed by atoms with van der Waals surface area (Å²) in [5, 5.41) is 0. The Morgan fingerprint density at radius 1 is 1.56 bits per heavy atom. The molecule has 0 N–H and O–H groups in total. The molecule has 1 amide bonds. The Balaban J connectivity index is 1.95. The van der Waals surface area contributed by atoms with Crippen LogP contribution in [-0.4, -0.2) is 37.0 Å². The predicted octanol–water partition coefficient (Wildman–Crippen LogP) is 1.51. The molecular formula is C13H13NO3S. The molecular weight excluding hydrogens is 250 g/mol. The summed E-state index contributed by atoms with van der Waals surface area (Å²) in [6, 6.07) is 3.48. The van der Waals surface area contributed by atoms with Gasteiger partial charge in [-0.2, -0.15) is 0 Å². The van der Waals surface area contributed by atoms with Gasteiger partial charge in [0, 0.05) is 13.0 Å². The van der Waals surface area contributed by atoms with Crippen LogP contribution in [0, 0.1) is 11.8 Å². The zero-order chi connectivity index (χ0) is 13.0. The molecule has 0 radical (unpaired) electrons. The maximum Gasteiger partial charge on any atom is 0.348 e. The van der Waals surface area contributed by atoms with Crippen molar-refractivity contribution in [3.05, 3.63) is 21.9 Å². The summed E-state index contributed by atoms with van der Waals surface area (Å²) in [5.74, 6) is 5.74. The molecule has 0 unspecified atom stereocenters. The van der Waals surface area contributed by atoms with Gasteiger partial charge in [0.15, 0.2) is 0 Å². The molecule has 0 atom stereocenters. The number of nitrogens with zero attached hydrogens (tertiary/aromatic N) is 1. The topological polar surface area (TPSA) is 46.6 Å². The fraction of sp³-hybridized carbons (Fsp3) is 0.385. The highest BCUT2D eigenvalue weighted by Gasteiger charge is 2.18. The van der Waals surface area contributed by atoms with Gasteiger partial charge >= 0.3 is 5.97 Å². The van der Waals surface area contributed by atoms with Crippen molar-refractivity contribution >= 4 is 23.2 Å². The number of amides is 1. The van der Waals surface area contributed by atoms with Gasteiger partial charge in [0.1, 0.15) is 4.88 Å². The summed E-state index contributed by atoms with van der Waals surface area (Å²) in [5.41, 5.74) is 0. The molecule has 0 aromatic carbocycles. The standard InChI is InChI=1S/C13H13NO3S/c1-17-13(16)11-7-6-10(18-11)4-2-8-14-9-3-5-12(14)15/h6-7H,3,5,8-9H2,1H3. The first-order chi connectivity index (χ1) is 8.70. The second-order valence-corrected chi connectivity index (χ2v) is 4.96. The number of hydrogen-bond acceptors (Lipinski definition) is 4. The van der Waals surface area contributed by atoms with Gasteiger partial charge in [0.05, 0.1) is 18.5 Å². The third-order valence-corrected chi connectivity index (χ3v) is 3.63. The lowest BCUT2D eigenvalue weighted by Gasteiger charge is -2.09. The lowest BCUT2D eigenvalue weighted by molar-refractivity contribution is -0.127. The Morgan fingerprint density at radius 2 is 2.39 bits per heavy atom. The molecule has 0 saturated carbocycles. The largest absolute Gasteiger partial charge is 0.465 e. The van der Waals surface area contributed by atoms with E-state index in [0.717, 1.165) is 17.8 Å². The minimum Gasteiger partial charge on any atom is -0.465 e. The van der Waals surface area contributed by atoms with E-state index in [1.54, 1.807) is 17.0 Å². The fourth-order valence-corrected chi connectivity index (χ4v) is 2.51. The Kier molecular flexibility index (Phi) is 4.00. The number of carbonyl (C=O) groups excluding carboxylic acids is 2. The Bertz CT molecular complexity index is 524. The van der Waals surface area contributed by atoms with Gasteiger partial charge in [0.25, 0.3) is 0 Å². The molecule has 2 rings (SSSR count). The van der Waals surface area contributed by atoms with Crippen LogP contribution < -0.4 is 0 Å². The molecule has 5 heteroatoms. The van der Waals surface area contributed by atoms with Crippen molar-refractivity contribution in [2.45, 2.75) is 12.8 Å². The molecule has 1 aliphatic rings. The number of hydrogen-bond donors (Lipinski definition) is 0. The third-order valence-electron chi connectivity index (χ3n) is 2.65. The molecule has 1 aromatic rings. The van der Waals surface area contributed by atoms with Gasteiger partial charge in [0.2, 0.25) is 5.91 Å². The summed E-state index contributed by atoms with van der Waals surface area (Å²) >= 11 is 1.30. The predicted molar refractivity (Wildman–Crippen MR) is 68.4 cm³/mol. The Labute approximate surface area is 110 Å². The van der Waals surface area contributed by atoms with E-state index in [4.69, 9.17) is 0 Å². The fourth-order valence-electron chi connectivity index (χ4n) is 1.71. The molecule has 4 nitrogen and oxygen atoms in total. The highest BCUT2D eigenvalue weighted by Crippen LogP contribution is 2.16. The summed E-state index contributed by atoms with van der Waals surface area (Å²) in [7, 11) is 1.35. The maximum atomic E-state index is 11.3. The lowest BCUT2D eigenvalue weighted by atomic mass is 10.4. The summed E-state index contributed by atoms with van der Waals surface area (Å²) in [6.07, 6.45) is 1.55. The highest BCUT2D eigenvalue weighted by atomic mass is 32.1. The number of methoxy groups -OCH3 is 1. The van der Waals surface area contributed by atoms with E-state index >= 15 is 0 Å². The van der Waals surface area contributed by atoms with Crippen LogP contribution in [0.1, 0.15) is 27.4 Å². The van der Waals surface area contributed by atoms with E-state index in [1.807, 2.05) is 0 Å². The third kappa shape index (κ3) is 2.90. The zero-order valence-electron chi connectivity index (χ0n) is 10.1. The van der Waals surface area contributed by atoms with Gasteiger partial charge in [-0.15, -0.1) is 11.3 Å². The van der Waals surface area contributed by atoms with Crippen LogP contribution in [0.3, 0.4) is 0 Å².